The van der Waals surface area contributed by atoms with Crippen LogP contribution in [0.2, 0.25) is 5.02 Å². The second kappa shape index (κ2) is 4.91. The Morgan fingerprint density at radius 2 is 1.92 bits per heavy atom. The van der Waals surface area contributed by atoms with Crippen molar-refractivity contribution < 1.29 is 18.7 Å². The Morgan fingerprint density at radius 3 is 2.38 bits per heavy atom. The fourth-order valence-electron chi connectivity index (χ4n) is 0.691. The summed E-state index contributed by atoms with van der Waals surface area (Å²) < 4.78 is 25.2. The largest absolute Gasteiger partial charge is 0.478 e. The van der Waals surface area contributed by atoms with Gasteiger partial charge in [0, 0.05) is 29.6 Å². The van der Waals surface area contributed by atoms with Crippen molar-refractivity contribution in [1.82, 2.24) is 0 Å². The monoisotopic (exact) mass is 215 g/mol. The van der Waals surface area contributed by atoms with Crippen LogP contribution in [0.4, 0.5) is 8.78 Å². The first-order chi connectivity index (χ1) is 5.54. The van der Waals surface area contributed by atoms with E-state index in [-0.39, 0.29) is 29.6 Å². The van der Waals surface area contributed by atoms with Crippen molar-refractivity contribution in [1.29, 1.82) is 0 Å². The van der Waals surface area contributed by atoms with Gasteiger partial charge < -0.3 is 5.11 Å². The van der Waals surface area contributed by atoms with Gasteiger partial charge in [-0.05, 0) is 12.1 Å². The van der Waals surface area contributed by atoms with E-state index in [0.29, 0.717) is 0 Å². The molecule has 0 aliphatic rings. The molecule has 0 heterocycles. The third-order valence-corrected chi connectivity index (χ3v) is 1.61. The van der Waals surface area contributed by atoms with E-state index in [2.05, 4.69) is 0 Å². The van der Waals surface area contributed by atoms with Crippen LogP contribution in [0.5, 0.6) is 0 Å². The normalized spacial score (nSPS) is 9.15. The van der Waals surface area contributed by atoms with Crippen molar-refractivity contribution in [2.45, 2.75) is 0 Å². The van der Waals surface area contributed by atoms with Crippen LogP contribution in [0.3, 0.4) is 0 Å². The van der Waals surface area contributed by atoms with Gasteiger partial charge in [-0.2, -0.15) is 0 Å². The van der Waals surface area contributed by atoms with Gasteiger partial charge >= 0.3 is 5.97 Å². The van der Waals surface area contributed by atoms with E-state index in [1.165, 1.54) is 0 Å². The average Bonchev–Trinajstić information content (AvgIpc) is 2.00. The van der Waals surface area contributed by atoms with Crippen molar-refractivity contribution in [3.63, 3.8) is 0 Å². The minimum Gasteiger partial charge on any atom is -0.478 e. The van der Waals surface area contributed by atoms with Crippen molar-refractivity contribution in [3.8, 4) is 0 Å². The van der Waals surface area contributed by atoms with Crippen LogP contribution in [-0.4, -0.2) is 40.6 Å². The number of carboxylic acids is 1. The molecular weight excluding hydrogens is 213 g/mol. The zero-order valence-electron chi connectivity index (χ0n) is 6.64. The average molecular weight is 216 g/mol. The number of hydrogen-bond acceptors (Lipinski definition) is 1. The molecular formula is C7H3ClF2NaO2. The van der Waals surface area contributed by atoms with Gasteiger partial charge in [-0.3, -0.25) is 0 Å². The van der Waals surface area contributed by atoms with Crippen LogP contribution in [-0.2, 0) is 0 Å². The number of halogens is 3. The van der Waals surface area contributed by atoms with Gasteiger partial charge in [-0.1, -0.05) is 11.6 Å². The Hall–Kier alpha value is -0.160. The molecule has 1 radical (unpaired) electrons. The molecule has 0 fully saturated rings. The molecule has 1 N–H and O–H groups in total. The summed E-state index contributed by atoms with van der Waals surface area (Å²) in [5, 5.41) is 7.56. The SMILES string of the molecule is O=C(O)c1ccc(F)c(Cl)c1F.[Na]. The topological polar surface area (TPSA) is 37.3 Å². The van der Waals surface area contributed by atoms with E-state index >= 15 is 0 Å². The Kier molecular flexibility index (Phi) is 4.85. The van der Waals surface area contributed by atoms with Gasteiger partial charge in [0.05, 0.1) is 5.56 Å². The molecule has 0 aromatic heterocycles. The third kappa shape index (κ3) is 2.64. The summed E-state index contributed by atoms with van der Waals surface area (Å²) in [6.07, 6.45) is 0. The molecule has 0 spiro atoms. The summed E-state index contributed by atoms with van der Waals surface area (Å²) in [4.78, 5) is 10.3. The number of carboxylic acid groups (broad SMARTS) is 1. The Balaban J connectivity index is 0.00000144. The Labute approximate surface area is 99.8 Å². The van der Waals surface area contributed by atoms with Gasteiger partial charge in [0.1, 0.15) is 10.8 Å². The first-order valence-corrected chi connectivity index (χ1v) is 3.28. The van der Waals surface area contributed by atoms with Crippen LogP contribution in [0, 0.1) is 11.6 Å². The number of benzene rings is 1. The summed E-state index contributed by atoms with van der Waals surface area (Å²) in [7, 11) is 0. The van der Waals surface area contributed by atoms with E-state index in [4.69, 9.17) is 16.7 Å². The standard InChI is InChI=1S/C7H3ClF2O2.Na/c8-5-4(9)2-1-3(6(5)10)7(11)12;/h1-2H,(H,11,12);. The smallest absolute Gasteiger partial charge is 0.338 e. The van der Waals surface area contributed by atoms with E-state index in [1.807, 2.05) is 0 Å². The molecule has 0 saturated carbocycles. The molecule has 1 rings (SSSR count). The summed E-state index contributed by atoms with van der Waals surface area (Å²) in [5.41, 5.74) is -0.638. The Morgan fingerprint density at radius 1 is 1.38 bits per heavy atom. The van der Waals surface area contributed by atoms with Crippen LogP contribution in [0.15, 0.2) is 12.1 Å². The molecule has 0 aliphatic carbocycles. The number of carbonyl (C=O) groups is 1. The van der Waals surface area contributed by atoms with Crippen molar-refractivity contribution >= 4 is 47.1 Å². The maximum absolute atomic E-state index is 12.8. The summed E-state index contributed by atoms with van der Waals surface area (Å²) in [6, 6.07) is 1.62. The predicted octanol–water partition coefficient (Wildman–Crippen LogP) is 1.94. The van der Waals surface area contributed by atoms with Crippen LogP contribution < -0.4 is 0 Å². The van der Waals surface area contributed by atoms with E-state index in [1.54, 1.807) is 0 Å². The van der Waals surface area contributed by atoms with Gasteiger partial charge in [0.2, 0.25) is 0 Å². The third-order valence-electron chi connectivity index (χ3n) is 1.27. The molecule has 1 aromatic rings. The van der Waals surface area contributed by atoms with Gasteiger partial charge in [0.15, 0.2) is 5.82 Å². The van der Waals surface area contributed by atoms with Gasteiger partial charge in [-0.15, -0.1) is 0 Å². The maximum Gasteiger partial charge on any atom is 0.338 e. The van der Waals surface area contributed by atoms with Gasteiger partial charge in [0.25, 0.3) is 0 Å². The summed E-state index contributed by atoms with van der Waals surface area (Å²) >= 11 is 5.11. The molecule has 6 heteroatoms. The first-order valence-electron chi connectivity index (χ1n) is 2.91. The zero-order chi connectivity index (χ0) is 9.30. The Bertz CT molecular complexity index is 344. The molecule has 1 aromatic carbocycles. The number of rotatable bonds is 1. The molecule has 0 amide bonds. The van der Waals surface area contributed by atoms with Crippen molar-refractivity contribution in [2.75, 3.05) is 0 Å². The first kappa shape index (κ1) is 12.8. The van der Waals surface area contributed by atoms with Crippen LogP contribution in [0.1, 0.15) is 10.4 Å². The van der Waals surface area contributed by atoms with Crippen molar-refractivity contribution in [2.24, 2.45) is 0 Å². The van der Waals surface area contributed by atoms with Crippen LogP contribution in [0.25, 0.3) is 0 Å². The van der Waals surface area contributed by atoms with E-state index < -0.39 is 28.2 Å². The molecule has 0 saturated heterocycles. The quantitative estimate of drug-likeness (QED) is 0.574. The molecule has 13 heavy (non-hydrogen) atoms. The van der Waals surface area contributed by atoms with Crippen molar-refractivity contribution in [3.05, 3.63) is 34.4 Å². The molecule has 0 unspecified atom stereocenters. The molecule has 2 nitrogen and oxygen atoms in total. The van der Waals surface area contributed by atoms with E-state index in [0.717, 1.165) is 12.1 Å². The minimum absolute atomic E-state index is 0. The molecule has 0 bridgehead atoms. The number of hydrogen-bond donors (Lipinski definition) is 1. The second-order valence-corrected chi connectivity index (χ2v) is 2.41. The number of aromatic carboxylic acids is 1. The molecule has 65 valence electrons. The second-order valence-electron chi connectivity index (χ2n) is 2.03. The van der Waals surface area contributed by atoms with E-state index in [9.17, 15) is 13.6 Å². The molecule has 0 aliphatic heterocycles. The van der Waals surface area contributed by atoms with Gasteiger partial charge in [-0.25, -0.2) is 13.6 Å². The predicted molar refractivity (Wildman–Crippen MR) is 44.1 cm³/mol. The molecule has 0 atom stereocenters. The van der Waals surface area contributed by atoms with Crippen LogP contribution >= 0.6 is 11.6 Å². The zero-order valence-corrected chi connectivity index (χ0v) is 9.40. The fourth-order valence-corrected chi connectivity index (χ4v) is 0.856. The summed E-state index contributed by atoms with van der Waals surface area (Å²) in [6.45, 7) is 0. The maximum atomic E-state index is 12.8. The summed E-state index contributed by atoms with van der Waals surface area (Å²) in [5.74, 6) is -3.70. The fraction of sp³-hybridized carbons (Fsp3) is 0. The minimum atomic E-state index is -1.48.